The van der Waals surface area contributed by atoms with E-state index < -0.39 is 0 Å². The van der Waals surface area contributed by atoms with Crippen LogP contribution in [0.25, 0.3) is 5.65 Å². The quantitative estimate of drug-likeness (QED) is 0.788. The Morgan fingerprint density at radius 1 is 1.23 bits per heavy atom. The summed E-state index contributed by atoms with van der Waals surface area (Å²) in [5, 5.41) is 10.2. The summed E-state index contributed by atoms with van der Waals surface area (Å²) in [6, 6.07) is 3.47. The number of pyridine rings is 1. The van der Waals surface area contributed by atoms with Crippen molar-refractivity contribution in [3.8, 4) is 0 Å². The maximum Gasteiger partial charge on any atom is 0.319 e. The number of amides is 2. The Labute approximate surface area is 152 Å². The lowest BCUT2D eigenvalue weighted by molar-refractivity contribution is -0.0528. The van der Waals surface area contributed by atoms with E-state index in [1.807, 2.05) is 19.1 Å². The molecular formula is C19H26N6O. The molecule has 4 N–H and O–H groups in total. The zero-order valence-corrected chi connectivity index (χ0v) is 15.1. The van der Waals surface area contributed by atoms with Gasteiger partial charge in [-0.2, -0.15) is 5.10 Å². The number of nitrogens with one attached hydrogen (secondary N) is 2. The van der Waals surface area contributed by atoms with E-state index in [1.165, 1.54) is 32.1 Å². The van der Waals surface area contributed by atoms with Crippen LogP contribution in [0.5, 0.6) is 0 Å². The molecular weight excluding hydrogens is 328 g/mol. The van der Waals surface area contributed by atoms with Gasteiger partial charge in [-0.15, -0.1) is 0 Å². The van der Waals surface area contributed by atoms with Gasteiger partial charge in [0.2, 0.25) is 0 Å². The van der Waals surface area contributed by atoms with Gasteiger partial charge in [-0.1, -0.05) is 0 Å². The van der Waals surface area contributed by atoms with E-state index in [9.17, 15) is 4.79 Å². The summed E-state index contributed by atoms with van der Waals surface area (Å²) in [6.07, 6.45) is 8.16. The van der Waals surface area contributed by atoms with Crippen LogP contribution in [-0.4, -0.2) is 32.7 Å². The Morgan fingerprint density at radius 3 is 2.62 bits per heavy atom. The number of anilines is 1. The molecule has 0 radical (unpaired) electrons. The van der Waals surface area contributed by atoms with Gasteiger partial charge >= 0.3 is 6.03 Å². The number of carbonyl (C=O) groups is 1. The molecule has 0 aliphatic heterocycles. The van der Waals surface area contributed by atoms with E-state index in [4.69, 9.17) is 5.73 Å². The zero-order valence-electron chi connectivity index (χ0n) is 15.1. The van der Waals surface area contributed by atoms with Gasteiger partial charge in [-0.25, -0.2) is 14.3 Å². The molecule has 26 heavy (non-hydrogen) atoms. The number of urea groups is 1. The van der Waals surface area contributed by atoms with Crippen LogP contribution < -0.4 is 16.4 Å². The lowest BCUT2D eigenvalue weighted by atomic mass is 9.49. The molecule has 0 unspecified atom stereocenters. The van der Waals surface area contributed by atoms with E-state index in [0.29, 0.717) is 29.9 Å². The number of aromatic nitrogens is 3. The third-order valence-electron chi connectivity index (χ3n) is 6.91. The first kappa shape index (κ1) is 16.1. The van der Waals surface area contributed by atoms with E-state index >= 15 is 0 Å². The fourth-order valence-corrected chi connectivity index (χ4v) is 5.83. The average Bonchev–Trinajstić information content (AvgIpc) is 2.97. The molecule has 7 nitrogen and oxygen atoms in total. The highest BCUT2D eigenvalue weighted by Gasteiger charge is 2.55. The zero-order chi connectivity index (χ0) is 17.9. The summed E-state index contributed by atoms with van der Waals surface area (Å²) in [5.74, 6) is 3.59. The first-order chi connectivity index (χ1) is 12.5. The Balaban J connectivity index is 1.24. The van der Waals surface area contributed by atoms with Crippen LogP contribution in [0, 0.1) is 30.6 Å². The molecule has 6 rings (SSSR count). The molecule has 138 valence electrons. The predicted octanol–water partition coefficient (Wildman–Crippen LogP) is 2.31. The van der Waals surface area contributed by atoms with Crippen molar-refractivity contribution in [2.75, 3.05) is 11.9 Å². The van der Waals surface area contributed by atoms with Crippen LogP contribution in [0.2, 0.25) is 0 Å². The fourth-order valence-electron chi connectivity index (χ4n) is 5.83. The molecule has 4 fully saturated rings. The molecule has 4 saturated carbocycles. The minimum atomic E-state index is -0.238. The smallest absolute Gasteiger partial charge is 0.319 e. The number of rotatable bonds is 3. The topological polar surface area (TPSA) is 97.3 Å². The van der Waals surface area contributed by atoms with Gasteiger partial charge in [0.05, 0.1) is 11.9 Å². The highest BCUT2D eigenvalue weighted by Crippen LogP contribution is 2.57. The van der Waals surface area contributed by atoms with Crippen molar-refractivity contribution in [3.05, 3.63) is 24.2 Å². The minimum Gasteiger partial charge on any atom is -0.336 e. The van der Waals surface area contributed by atoms with Crippen molar-refractivity contribution in [2.45, 2.75) is 44.6 Å². The third-order valence-corrected chi connectivity index (χ3v) is 6.91. The van der Waals surface area contributed by atoms with Gasteiger partial charge in [0.25, 0.3) is 0 Å². The number of fused-ring (bicyclic) bond motifs is 1. The van der Waals surface area contributed by atoms with E-state index in [1.54, 1.807) is 10.7 Å². The molecule has 4 aliphatic carbocycles. The number of hydrogen-bond donors (Lipinski definition) is 3. The Kier molecular flexibility index (Phi) is 3.50. The Hall–Kier alpha value is -2.15. The van der Waals surface area contributed by atoms with Crippen molar-refractivity contribution in [1.29, 1.82) is 0 Å². The van der Waals surface area contributed by atoms with Crippen LogP contribution in [0.1, 0.15) is 37.9 Å². The number of hydrogen-bond acceptors (Lipinski definition) is 4. The molecule has 0 atom stereocenters. The van der Waals surface area contributed by atoms with Crippen molar-refractivity contribution in [1.82, 2.24) is 19.9 Å². The van der Waals surface area contributed by atoms with Gasteiger partial charge in [0, 0.05) is 12.1 Å². The highest BCUT2D eigenvalue weighted by molar-refractivity contribution is 5.89. The molecule has 0 spiro atoms. The van der Waals surface area contributed by atoms with Crippen LogP contribution in [0.15, 0.2) is 18.3 Å². The summed E-state index contributed by atoms with van der Waals surface area (Å²) < 4.78 is 1.67. The number of nitrogens with zero attached hydrogens (tertiary/aromatic N) is 3. The van der Waals surface area contributed by atoms with Crippen LogP contribution in [-0.2, 0) is 0 Å². The second-order valence-corrected chi connectivity index (χ2v) is 8.60. The molecule has 7 heteroatoms. The van der Waals surface area contributed by atoms with Gasteiger partial charge in [0.15, 0.2) is 5.65 Å². The summed E-state index contributed by atoms with van der Waals surface area (Å²) in [7, 11) is 0. The van der Waals surface area contributed by atoms with Crippen LogP contribution >= 0.6 is 0 Å². The lowest BCUT2D eigenvalue weighted by Crippen LogP contribution is -2.67. The molecule has 0 aromatic carbocycles. The van der Waals surface area contributed by atoms with Gasteiger partial charge in [-0.05, 0) is 74.8 Å². The van der Waals surface area contributed by atoms with Gasteiger partial charge < -0.3 is 16.4 Å². The fraction of sp³-hybridized carbons (Fsp3) is 0.632. The molecule has 2 aromatic heterocycles. The second kappa shape index (κ2) is 5.67. The molecule has 2 heterocycles. The second-order valence-electron chi connectivity index (χ2n) is 8.60. The van der Waals surface area contributed by atoms with Crippen molar-refractivity contribution in [3.63, 3.8) is 0 Å². The maximum atomic E-state index is 12.4. The number of aryl methyl sites for hydroxylation is 1. The Bertz CT molecular complexity index is 831. The predicted molar refractivity (Wildman–Crippen MR) is 98.7 cm³/mol. The van der Waals surface area contributed by atoms with E-state index in [0.717, 1.165) is 17.5 Å². The third kappa shape index (κ3) is 2.57. The molecule has 2 amide bonds. The van der Waals surface area contributed by atoms with Crippen molar-refractivity contribution in [2.24, 2.45) is 29.4 Å². The van der Waals surface area contributed by atoms with Gasteiger partial charge in [-0.3, -0.25) is 0 Å². The SMILES string of the molecule is Cc1nc2ccc(NC(=O)NCC3(N)C4CC5CC(C4)CC3C5)cn2n1. The summed E-state index contributed by atoms with van der Waals surface area (Å²) >= 11 is 0. The largest absolute Gasteiger partial charge is 0.336 e. The first-order valence-corrected chi connectivity index (χ1v) is 9.66. The highest BCUT2D eigenvalue weighted by atomic mass is 16.2. The minimum absolute atomic E-state index is 0.209. The molecule has 4 bridgehead atoms. The standard InChI is InChI=1S/C19H26N6O/c1-11-22-17-3-2-16(9-25(17)24-11)23-18(26)21-10-19(20)14-5-12-4-13(7-14)8-15(19)6-12/h2-3,9,12-15H,4-8,10,20H2,1H3,(H2,21,23,26). The first-order valence-electron chi connectivity index (χ1n) is 9.66. The molecule has 2 aromatic rings. The summed E-state index contributed by atoms with van der Waals surface area (Å²) in [4.78, 5) is 16.7. The van der Waals surface area contributed by atoms with Crippen molar-refractivity contribution < 1.29 is 4.79 Å². The number of nitrogens with two attached hydrogens (primary N) is 1. The van der Waals surface area contributed by atoms with Gasteiger partial charge in [0.1, 0.15) is 5.82 Å². The lowest BCUT2D eigenvalue weighted by Gasteiger charge is -2.59. The monoisotopic (exact) mass is 354 g/mol. The number of carbonyl (C=O) groups excluding carboxylic acids is 1. The van der Waals surface area contributed by atoms with Crippen LogP contribution in [0.4, 0.5) is 10.5 Å². The average molecular weight is 354 g/mol. The summed E-state index contributed by atoms with van der Waals surface area (Å²) in [6.45, 7) is 2.40. The van der Waals surface area contributed by atoms with E-state index in [-0.39, 0.29) is 11.6 Å². The summed E-state index contributed by atoms with van der Waals surface area (Å²) in [5.41, 5.74) is 8.06. The Morgan fingerprint density at radius 2 is 1.92 bits per heavy atom. The maximum absolute atomic E-state index is 12.4. The van der Waals surface area contributed by atoms with E-state index in [2.05, 4.69) is 20.7 Å². The molecule has 4 aliphatic rings. The van der Waals surface area contributed by atoms with Crippen molar-refractivity contribution >= 4 is 17.4 Å². The molecule has 0 saturated heterocycles. The van der Waals surface area contributed by atoms with Crippen LogP contribution in [0.3, 0.4) is 0 Å². The normalized spacial score (nSPS) is 35.0.